The molecule has 0 radical (unpaired) electrons. The molecule has 0 aromatic heterocycles. The SMILES string of the molecule is CC(C)(C)OC(=O)NCc1ccc(NC(=S)Oc2ccccc2)cc1.Cc1ccc(OC(=S)Nc2ccc(CNC(=O)OC(C)(C)C)cc2)cc1. The van der Waals surface area contributed by atoms with Crippen molar-refractivity contribution in [3.8, 4) is 11.5 Å². The van der Waals surface area contributed by atoms with Crippen LogP contribution in [0, 0.1) is 6.92 Å². The van der Waals surface area contributed by atoms with E-state index in [1.54, 1.807) is 0 Å². The quantitative estimate of drug-likeness (QED) is 0.131. The lowest BCUT2D eigenvalue weighted by Gasteiger charge is -2.19. The average molecular weight is 731 g/mol. The molecule has 0 aliphatic heterocycles. The minimum absolute atomic E-state index is 0.269. The molecular weight excluding hydrogens is 685 g/mol. The molecule has 4 rings (SSSR count). The van der Waals surface area contributed by atoms with E-state index in [0.29, 0.717) is 24.6 Å². The Bertz CT molecular complexity index is 1720. The minimum atomic E-state index is -0.509. The molecule has 2 amide bonds. The normalized spacial score (nSPS) is 10.7. The van der Waals surface area contributed by atoms with Gasteiger partial charge in [0.1, 0.15) is 22.7 Å². The monoisotopic (exact) mass is 730 g/mol. The number of ether oxygens (including phenoxy) is 4. The van der Waals surface area contributed by atoms with Gasteiger partial charge in [0.2, 0.25) is 0 Å². The van der Waals surface area contributed by atoms with Gasteiger partial charge < -0.3 is 40.2 Å². The second kappa shape index (κ2) is 19.3. The van der Waals surface area contributed by atoms with Crippen LogP contribution in [0.2, 0.25) is 0 Å². The van der Waals surface area contributed by atoms with Gasteiger partial charge in [-0.1, -0.05) is 60.2 Å². The number of amides is 2. The number of thiocarbonyl (C=S) groups is 2. The Hall–Kier alpha value is -5.20. The highest BCUT2D eigenvalue weighted by Crippen LogP contribution is 2.16. The maximum atomic E-state index is 11.7. The van der Waals surface area contributed by atoms with E-state index < -0.39 is 23.4 Å². The number of rotatable bonds is 8. The Balaban J connectivity index is 0.000000276. The maximum Gasteiger partial charge on any atom is 0.407 e. The van der Waals surface area contributed by atoms with Crippen LogP contribution in [-0.4, -0.2) is 33.7 Å². The maximum absolute atomic E-state index is 11.7. The van der Waals surface area contributed by atoms with Gasteiger partial charge in [0.25, 0.3) is 10.3 Å². The molecule has 0 fully saturated rings. The van der Waals surface area contributed by atoms with Crippen molar-refractivity contribution in [2.75, 3.05) is 10.6 Å². The molecule has 4 aromatic carbocycles. The van der Waals surface area contributed by atoms with Crippen LogP contribution < -0.4 is 30.7 Å². The van der Waals surface area contributed by atoms with Crippen LogP contribution in [0.25, 0.3) is 0 Å². The van der Waals surface area contributed by atoms with Crippen molar-refractivity contribution in [2.24, 2.45) is 0 Å². The highest BCUT2D eigenvalue weighted by atomic mass is 32.1. The van der Waals surface area contributed by atoms with Gasteiger partial charge in [-0.05, 0) is 133 Å². The summed E-state index contributed by atoms with van der Waals surface area (Å²) in [5.74, 6) is 1.37. The van der Waals surface area contributed by atoms with Crippen LogP contribution >= 0.6 is 24.4 Å². The number of nitrogens with one attached hydrogen (secondary N) is 4. The van der Waals surface area contributed by atoms with Gasteiger partial charge >= 0.3 is 12.2 Å². The Morgan fingerprint density at radius 1 is 0.549 bits per heavy atom. The Morgan fingerprint density at radius 3 is 1.29 bits per heavy atom. The summed E-state index contributed by atoms with van der Waals surface area (Å²) >= 11 is 10.4. The van der Waals surface area contributed by atoms with Crippen molar-refractivity contribution in [1.82, 2.24) is 10.6 Å². The van der Waals surface area contributed by atoms with Crippen LogP contribution in [0.5, 0.6) is 11.5 Å². The van der Waals surface area contributed by atoms with Crippen molar-refractivity contribution in [3.05, 3.63) is 120 Å². The first-order valence-corrected chi connectivity index (χ1v) is 17.1. The first kappa shape index (κ1) is 40.2. The molecule has 0 aliphatic rings. The zero-order valence-corrected chi connectivity index (χ0v) is 31.6. The molecular formula is C39H46N4O6S2. The van der Waals surface area contributed by atoms with Crippen molar-refractivity contribution in [2.45, 2.75) is 72.8 Å². The van der Waals surface area contributed by atoms with Gasteiger partial charge in [-0.2, -0.15) is 0 Å². The van der Waals surface area contributed by atoms with E-state index in [2.05, 4.69) is 21.3 Å². The second-order valence-corrected chi connectivity index (χ2v) is 14.0. The lowest BCUT2D eigenvalue weighted by molar-refractivity contribution is 0.0512. The molecule has 0 bridgehead atoms. The Kier molecular flexibility index (Phi) is 15.2. The summed E-state index contributed by atoms with van der Waals surface area (Å²) in [7, 11) is 0. The van der Waals surface area contributed by atoms with E-state index in [-0.39, 0.29) is 10.3 Å². The number of benzene rings is 4. The smallest absolute Gasteiger partial charge is 0.407 e. The fourth-order valence-electron chi connectivity index (χ4n) is 3.98. The number of carbonyl (C=O) groups is 2. The first-order chi connectivity index (χ1) is 24.0. The molecule has 12 heteroatoms. The fourth-order valence-corrected chi connectivity index (χ4v) is 4.41. The topological polar surface area (TPSA) is 119 Å². The summed E-state index contributed by atoms with van der Waals surface area (Å²) in [5.41, 5.74) is 3.66. The number of para-hydroxylation sites is 1. The van der Waals surface area contributed by atoms with Crippen LogP contribution in [-0.2, 0) is 22.6 Å². The standard InChI is InChI=1S/C20H24N2O3S.C19H22N2O3S/c1-14-5-11-17(12-6-14)24-19(26)22-16-9-7-15(8-10-16)13-21-18(23)25-20(2,3)4;1-19(2,3)24-17(22)20-13-14-9-11-15(12-10-14)21-18(25)23-16-7-5-4-6-8-16/h5-12H,13H2,1-4H3,(H,21,23)(H,22,26);4-12H,13H2,1-3H3,(H,20,22)(H,21,25). The lowest BCUT2D eigenvalue weighted by atomic mass is 10.2. The highest BCUT2D eigenvalue weighted by molar-refractivity contribution is 7.80. The molecule has 0 heterocycles. The van der Waals surface area contributed by atoms with Gasteiger partial charge in [-0.15, -0.1) is 0 Å². The van der Waals surface area contributed by atoms with Crippen LogP contribution in [0.15, 0.2) is 103 Å². The summed E-state index contributed by atoms with van der Waals surface area (Å²) in [6, 6.07) is 32.1. The van der Waals surface area contributed by atoms with Crippen molar-refractivity contribution >= 4 is 58.3 Å². The number of anilines is 2. The summed E-state index contributed by atoms with van der Waals surface area (Å²) in [6.45, 7) is 13.8. The Labute approximate surface area is 311 Å². The number of alkyl carbamates (subject to hydrolysis) is 2. The molecule has 0 saturated carbocycles. The molecule has 4 aromatic rings. The molecule has 270 valence electrons. The number of carbonyl (C=O) groups excluding carboxylic acids is 2. The average Bonchev–Trinajstić information content (AvgIpc) is 3.04. The van der Waals surface area contributed by atoms with Crippen molar-refractivity contribution in [1.29, 1.82) is 0 Å². The predicted octanol–water partition coefficient (Wildman–Crippen LogP) is 9.28. The lowest BCUT2D eigenvalue weighted by Crippen LogP contribution is -2.32. The van der Waals surface area contributed by atoms with Gasteiger partial charge in [0.05, 0.1) is 0 Å². The highest BCUT2D eigenvalue weighted by Gasteiger charge is 2.16. The van der Waals surface area contributed by atoms with E-state index in [1.165, 1.54) is 0 Å². The number of hydrogen-bond acceptors (Lipinski definition) is 8. The third-order valence-corrected chi connectivity index (χ3v) is 6.63. The molecule has 51 heavy (non-hydrogen) atoms. The molecule has 0 aliphatic carbocycles. The molecule has 4 N–H and O–H groups in total. The molecule has 0 spiro atoms. The van der Waals surface area contributed by atoms with E-state index in [9.17, 15) is 9.59 Å². The van der Waals surface area contributed by atoms with Gasteiger partial charge in [0.15, 0.2) is 0 Å². The summed E-state index contributed by atoms with van der Waals surface area (Å²) in [5, 5.41) is 12.0. The third-order valence-electron chi connectivity index (χ3n) is 6.26. The van der Waals surface area contributed by atoms with Crippen LogP contribution in [0.3, 0.4) is 0 Å². The Morgan fingerprint density at radius 2 is 0.922 bits per heavy atom. The van der Waals surface area contributed by atoms with E-state index in [0.717, 1.165) is 28.1 Å². The van der Waals surface area contributed by atoms with E-state index in [4.69, 9.17) is 43.4 Å². The molecule has 0 unspecified atom stereocenters. The largest absolute Gasteiger partial charge is 0.444 e. The van der Waals surface area contributed by atoms with E-state index in [1.807, 2.05) is 152 Å². The van der Waals surface area contributed by atoms with Crippen LogP contribution in [0.1, 0.15) is 58.2 Å². The minimum Gasteiger partial charge on any atom is -0.444 e. The van der Waals surface area contributed by atoms with Gasteiger partial charge in [0, 0.05) is 24.5 Å². The fraction of sp³-hybridized carbons (Fsp3) is 0.282. The van der Waals surface area contributed by atoms with Gasteiger partial charge in [-0.3, -0.25) is 0 Å². The molecule has 0 saturated heterocycles. The number of aryl methyl sites for hydroxylation is 1. The summed E-state index contributed by atoms with van der Waals surface area (Å²) in [6.07, 6.45) is -0.875. The summed E-state index contributed by atoms with van der Waals surface area (Å²) in [4.78, 5) is 23.3. The first-order valence-electron chi connectivity index (χ1n) is 16.2. The van der Waals surface area contributed by atoms with Crippen molar-refractivity contribution in [3.63, 3.8) is 0 Å². The number of hydrogen-bond donors (Lipinski definition) is 4. The molecule has 0 atom stereocenters. The van der Waals surface area contributed by atoms with E-state index >= 15 is 0 Å². The zero-order chi connectivity index (χ0) is 37.4. The third kappa shape index (κ3) is 17.3. The molecule has 10 nitrogen and oxygen atoms in total. The van der Waals surface area contributed by atoms with Gasteiger partial charge in [-0.25, -0.2) is 9.59 Å². The zero-order valence-electron chi connectivity index (χ0n) is 30.0. The second-order valence-electron chi connectivity index (χ2n) is 13.3. The predicted molar refractivity (Wildman–Crippen MR) is 210 cm³/mol. The summed E-state index contributed by atoms with van der Waals surface area (Å²) < 4.78 is 21.5. The van der Waals surface area contributed by atoms with Crippen molar-refractivity contribution < 1.29 is 28.5 Å². The van der Waals surface area contributed by atoms with Crippen LogP contribution in [0.4, 0.5) is 21.0 Å².